The van der Waals surface area contributed by atoms with Gasteiger partial charge in [-0.2, -0.15) is 0 Å². The third-order valence-electron chi connectivity index (χ3n) is 3.18. The van der Waals surface area contributed by atoms with Crippen molar-refractivity contribution in [2.24, 2.45) is 11.5 Å². The van der Waals surface area contributed by atoms with Crippen molar-refractivity contribution in [3.63, 3.8) is 0 Å². The van der Waals surface area contributed by atoms with Gasteiger partial charge in [-0.15, -0.1) is 0 Å². The van der Waals surface area contributed by atoms with Gasteiger partial charge in [0.1, 0.15) is 13.6 Å². The Hall–Kier alpha value is -1.78. The number of nitrogens with two attached hydrogens (primary N) is 2. The lowest BCUT2D eigenvalue weighted by molar-refractivity contribution is 0.453. The van der Waals surface area contributed by atoms with Gasteiger partial charge in [0.05, 0.1) is 0 Å². The number of benzene rings is 2. The molecule has 0 aliphatic carbocycles. The zero-order chi connectivity index (χ0) is 13.8. The Balaban J connectivity index is 2.11. The maximum absolute atomic E-state index is 9.77. The van der Waals surface area contributed by atoms with E-state index in [1.165, 1.54) is 0 Å². The molecule has 0 saturated heterocycles. The Bertz CT molecular complexity index is 559. The third-order valence-corrected chi connectivity index (χ3v) is 3.18. The van der Waals surface area contributed by atoms with Gasteiger partial charge in [-0.1, -0.05) is 47.9 Å². The lowest BCUT2D eigenvalue weighted by Gasteiger charge is -2.19. The van der Waals surface area contributed by atoms with Crippen LogP contribution in [0, 0.1) is 0 Å². The fraction of sp³-hybridized carbons (Fsp3) is 0.200. The summed E-state index contributed by atoms with van der Waals surface area (Å²) in [5, 5.41) is 9.77. The van der Waals surface area contributed by atoms with E-state index < -0.39 is 0 Å². The predicted octanol–water partition coefficient (Wildman–Crippen LogP) is 1.28. The van der Waals surface area contributed by atoms with Crippen LogP contribution in [0.1, 0.15) is 29.6 Å². The highest BCUT2D eigenvalue weighted by Gasteiger charge is 2.15. The molecule has 0 aliphatic rings. The molecule has 0 aromatic heterocycles. The molecule has 96 valence electrons. The predicted molar refractivity (Wildman–Crippen MR) is 78.4 cm³/mol. The van der Waals surface area contributed by atoms with Gasteiger partial charge < -0.3 is 16.6 Å². The number of hydrogen-bond donors (Lipinski definition) is 3. The highest BCUT2D eigenvalue weighted by molar-refractivity contribution is 6.32. The van der Waals surface area contributed by atoms with Gasteiger partial charge in [0.2, 0.25) is 0 Å². The Labute approximate surface area is 114 Å². The van der Waals surface area contributed by atoms with Gasteiger partial charge in [-0.25, -0.2) is 0 Å². The van der Waals surface area contributed by atoms with Crippen molar-refractivity contribution in [1.82, 2.24) is 0 Å². The molecule has 2 aromatic carbocycles. The van der Waals surface area contributed by atoms with Crippen molar-refractivity contribution in [1.29, 1.82) is 0 Å². The van der Waals surface area contributed by atoms with Gasteiger partial charge in [0.15, 0.2) is 0 Å². The molecule has 2 radical (unpaired) electrons. The Morgan fingerprint density at radius 2 is 1.74 bits per heavy atom. The van der Waals surface area contributed by atoms with Crippen molar-refractivity contribution < 1.29 is 5.11 Å². The molecule has 5 N–H and O–H groups in total. The van der Waals surface area contributed by atoms with Crippen molar-refractivity contribution in [2.75, 3.05) is 0 Å². The second-order valence-electron chi connectivity index (χ2n) is 4.68. The average molecular weight is 252 g/mol. The van der Waals surface area contributed by atoms with Crippen LogP contribution in [0.4, 0.5) is 0 Å². The first-order valence-electron chi connectivity index (χ1n) is 6.22. The molecule has 2 aromatic rings. The number of phenolic OH excluding ortho intramolecular Hbond substituents is 1. The summed E-state index contributed by atoms with van der Waals surface area (Å²) in [6, 6.07) is 14.0. The molecule has 0 amide bonds. The fourth-order valence-electron chi connectivity index (χ4n) is 2.13. The lowest BCUT2D eigenvalue weighted by atomic mass is 9.90. The van der Waals surface area contributed by atoms with E-state index in [2.05, 4.69) is 0 Å². The monoisotopic (exact) mass is 252 g/mol. The first-order chi connectivity index (χ1) is 9.08. The van der Waals surface area contributed by atoms with Crippen molar-refractivity contribution in [2.45, 2.75) is 18.5 Å². The molecule has 2 atom stereocenters. The minimum atomic E-state index is -0.308. The number of aromatic hydroxyl groups is 1. The highest BCUT2D eigenvalue weighted by atomic mass is 16.3. The van der Waals surface area contributed by atoms with Crippen LogP contribution in [0.25, 0.3) is 0 Å². The Morgan fingerprint density at radius 1 is 1.00 bits per heavy atom. The first-order valence-corrected chi connectivity index (χ1v) is 6.22. The van der Waals surface area contributed by atoms with Crippen LogP contribution in [0.3, 0.4) is 0 Å². The molecule has 2 rings (SSSR count). The molecule has 19 heavy (non-hydrogen) atoms. The summed E-state index contributed by atoms with van der Waals surface area (Å²) >= 11 is 0. The van der Waals surface area contributed by atoms with Crippen LogP contribution in [-0.2, 0) is 0 Å². The van der Waals surface area contributed by atoms with Gasteiger partial charge in [-0.05, 0) is 18.1 Å². The van der Waals surface area contributed by atoms with Crippen LogP contribution < -0.4 is 16.9 Å². The summed E-state index contributed by atoms with van der Waals surface area (Å²) in [5.74, 6) is 0.203. The molecule has 0 fully saturated rings. The van der Waals surface area contributed by atoms with E-state index >= 15 is 0 Å². The molecule has 0 bridgehead atoms. The van der Waals surface area contributed by atoms with Crippen LogP contribution in [0.15, 0.2) is 48.5 Å². The fourth-order valence-corrected chi connectivity index (χ4v) is 2.13. The summed E-state index contributed by atoms with van der Waals surface area (Å²) < 4.78 is 0. The third kappa shape index (κ3) is 3.37. The van der Waals surface area contributed by atoms with E-state index in [0.29, 0.717) is 17.4 Å². The topological polar surface area (TPSA) is 72.3 Å². The highest BCUT2D eigenvalue weighted by Crippen LogP contribution is 2.28. The molecular formula is C15H17BN2O. The summed E-state index contributed by atoms with van der Waals surface area (Å²) in [5.41, 5.74) is 14.6. The summed E-state index contributed by atoms with van der Waals surface area (Å²) in [7, 11) is 5.74. The van der Waals surface area contributed by atoms with E-state index in [0.717, 1.165) is 5.56 Å². The van der Waals surface area contributed by atoms with Gasteiger partial charge in [0.25, 0.3) is 0 Å². The van der Waals surface area contributed by atoms with E-state index in [9.17, 15) is 5.11 Å². The SMILES string of the molecule is [B]c1cccc(C(N)CC(N)c2ccccc2O)c1. The van der Waals surface area contributed by atoms with E-state index in [4.69, 9.17) is 19.3 Å². The van der Waals surface area contributed by atoms with E-state index in [-0.39, 0.29) is 17.8 Å². The second kappa shape index (κ2) is 5.91. The minimum Gasteiger partial charge on any atom is -0.508 e. The molecule has 0 spiro atoms. The zero-order valence-electron chi connectivity index (χ0n) is 10.7. The summed E-state index contributed by atoms with van der Waals surface area (Å²) in [6.45, 7) is 0. The van der Waals surface area contributed by atoms with Crippen LogP contribution in [0.5, 0.6) is 5.75 Å². The minimum absolute atomic E-state index is 0.203. The first kappa shape index (κ1) is 13.7. The van der Waals surface area contributed by atoms with E-state index in [1.54, 1.807) is 12.1 Å². The van der Waals surface area contributed by atoms with Crippen LogP contribution in [0.2, 0.25) is 0 Å². The quantitative estimate of drug-likeness (QED) is 0.717. The molecule has 4 heteroatoms. The lowest BCUT2D eigenvalue weighted by Crippen LogP contribution is -2.20. The summed E-state index contributed by atoms with van der Waals surface area (Å²) in [4.78, 5) is 0. The van der Waals surface area contributed by atoms with Gasteiger partial charge >= 0.3 is 0 Å². The smallest absolute Gasteiger partial charge is 0.120 e. The van der Waals surface area contributed by atoms with Crippen molar-refractivity contribution >= 4 is 13.3 Å². The van der Waals surface area contributed by atoms with Crippen LogP contribution in [-0.4, -0.2) is 13.0 Å². The van der Waals surface area contributed by atoms with E-state index in [1.807, 2.05) is 36.4 Å². The Kier molecular flexibility index (Phi) is 4.25. The molecule has 0 aliphatic heterocycles. The summed E-state index contributed by atoms with van der Waals surface area (Å²) in [6.07, 6.45) is 0.543. The number of hydrogen-bond acceptors (Lipinski definition) is 3. The molecule has 0 saturated carbocycles. The van der Waals surface area contributed by atoms with Crippen LogP contribution >= 0.6 is 0 Å². The second-order valence-corrected chi connectivity index (χ2v) is 4.68. The van der Waals surface area contributed by atoms with Crippen molar-refractivity contribution in [3.8, 4) is 5.75 Å². The molecule has 3 nitrogen and oxygen atoms in total. The number of rotatable bonds is 4. The van der Waals surface area contributed by atoms with Gasteiger partial charge in [-0.3, -0.25) is 0 Å². The standard InChI is InChI=1S/C15H17BN2O/c16-11-5-3-4-10(8-11)13(17)9-14(18)12-6-1-2-7-15(12)19/h1-8,13-14,19H,9,17-18H2. The number of para-hydroxylation sites is 1. The molecule has 2 unspecified atom stereocenters. The zero-order valence-corrected chi connectivity index (χ0v) is 10.7. The maximum Gasteiger partial charge on any atom is 0.120 e. The van der Waals surface area contributed by atoms with Gasteiger partial charge in [0, 0.05) is 17.6 Å². The Morgan fingerprint density at radius 3 is 2.42 bits per heavy atom. The normalized spacial score (nSPS) is 14.0. The maximum atomic E-state index is 9.77. The average Bonchev–Trinajstić information content (AvgIpc) is 2.39. The number of phenols is 1. The molecule has 0 heterocycles. The molecular weight excluding hydrogens is 235 g/mol. The largest absolute Gasteiger partial charge is 0.508 e. The van der Waals surface area contributed by atoms with Crippen molar-refractivity contribution in [3.05, 3.63) is 59.7 Å².